The fourth-order valence-electron chi connectivity index (χ4n) is 2.60. The van der Waals surface area contributed by atoms with E-state index < -0.39 is 17.5 Å². The van der Waals surface area contributed by atoms with Crippen LogP contribution in [0, 0.1) is 11.6 Å². The summed E-state index contributed by atoms with van der Waals surface area (Å²) >= 11 is 5.82. The number of nitrogens with one attached hydrogen (secondary N) is 1. The molecule has 124 valence electrons. The Kier molecular flexibility index (Phi) is 4.49. The van der Waals surface area contributed by atoms with Gasteiger partial charge in [-0.05, 0) is 30.7 Å². The van der Waals surface area contributed by atoms with Gasteiger partial charge in [-0.2, -0.15) is 0 Å². The summed E-state index contributed by atoms with van der Waals surface area (Å²) in [6.07, 6.45) is 1.20. The lowest BCUT2D eigenvalue weighted by molar-refractivity contribution is -0.117. The predicted octanol–water partition coefficient (Wildman–Crippen LogP) is 4.00. The number of carbonyl (C=O) groups excluding carboxylic acids is 2. The van der Waals surface area contributed by atoms with Crippen molar-refractivity contribution in [1.82, 2.24) is 0 Å². The quantitative estimate of drug-likeness (QED) is 0.851. The van der Waals surface area contributed by atoms with Gasteiger partial charge in [-0.15, -0.1) is 0 Å². The fraction of sp³-hybridized carbons (Fsp3) is 0.176. The van der Waals surface area contributed by atoms with Crippen molar-refractivity contribution in [2.45, 2.75) is 12.8 Å². The van der Waals surface area contributed by atoms with Crippen LogP contribution < -0.4 is 10.2 Å². The van der Waals surface area contributed by atoms with Crippen molar-refractivity contribution in [3.63, 3.8) is 0 Å². The number of halogens is 3. The van der Waals surface area contributed by atoms with E-state index in [0.717, 1.165) is 18.6 Å². The first-order valence-corrected chi connectivity index (χ1v) is 7.70. The van der Waals surface area contributed by atoms with Gasteiger partial charge in [-0.1, -0.05) is 23.7 Å². The highest BCUT2D eigenvalue weighted by Crippen LogP contribution is 2.30. The monoisotopic (exact) mass is 350 g/mol. The Balaban J connectivity index is 1.90. The third kappa shape index (κ3) is 3.10. The Morgan fingerprint density at radius 1 is 1.17 bits per heavy atom. The van der Waals surface area contributed by atoms with E-state index in [4.69, 9.17) is 11.6 Å². The molecule has 0 saturated carbocycles. The van der Waals surface area contributed by atoms with E-state index in [1.54, 1.807) is 29.2 Å². The van der Waals surface area contributed by atoms with E-state index >= 15 is 0 Å². The number of benzene rings is 2. The first-order chi connectivity index (χ1) is 11.5. The number of nitrogens with zero attached hydrogens (tertiary/aromatic N) is 1. The van der Waals surface area contributed by atoms with Crippen LogP contribution in [0.3, 0.4) is 0 Å². The lowest BCUT2D eigenvalue weighted by atomic mass is 10.1. The standard InChI is InChI=1S/C17H13ClF2N2O2/c18-11-9-13(20)12(19)8-10(11)17(24)21-14-4-1-2-5-15(14)22-7-3-6-16(22)23/h1-2,4-5,8-9H,3,6-7H2,(H,21,24). The summed E-state index contributed by atoms with van der Waals surface area (Å²) in [6, 6.07) is 8.30. The van der Waals surface area contributed by atoms with E-state index in [0.29, 0.717) is 24.3 Å². The van der Waals surface area contributed by atoms with Crippen LogP contribution >= 0.6 is 11.6 Å². The molecule has 7 heteroatoms. The van der Waals surface area contributed by atoms with Gasteiger partial charge in [0.1, 0.15) is 0 Å². The Hall–Kier alpha value is -2.47. The topological polar surface area (TPSA) is 49.4 Å². The average Bonchev–Trinajstić information content (AvgIpc) is 2.97. The summed E-state index contributed by atoms with van der Waals surface area (Å²) in [6.45, 7) is 0.567. The summed E-state index contributed by atoms with van der Waals surface area (Å²) in [7, 11) is 0. The molecule has 1 heterocycles. The summed E-state index contributed by atoms with van der Waals surface area (Å²) in [5.74, 6) is -2.99. The molecule has 2 aromatic rings. The molecule has 2 aromatic carbocycles. The van der Waals surface area contributed by atoms with Crippen LogP contribution in [0.25, 0.3) is 0 Å². The zero-order valence-corrected chi connectivity index (χ0v) is 13.2. The van der Waals surface area contributed by atoms with Crippen molar-refractivity contribution in [2.75, 3.05) is 16.8 Å². The van der Waals surface area contributed by atoms with Crippen LogP contribution in [0.15, 0.2) is 36.4 Å². The van der Waals surface area contributed by atoms with Crippen LogP contribution in [0.2, 0.25) is 5.02 Å². The molecular weight excluding hydrogens is 338 g/mol. The van der Waals surface area contributed by atoms with Crippen LogP contribution in [0.1, 0.15) is 23.2 Å². The molecule has 0 atom stereocenters. The minimum atomic E-state index is -1.16. The van der Waals surface area contributed by atoms with Gasteiger partial charge in [-0.3, -0.25) is 9.59 Å². The third-order valence-electron chi connectivity index (χ3n) is 3.77. The Bertz CT molecular complexity index is 826. The highest BCUT2D eigenvalue weighted by Gasteiger charge is 2.24. The molecule has 1 aliphatic heterocycles. The highest BCUT2D eigenvalue weighted by atomic mass is 35.5. The Labute approximate surface area is 142 Å². The molecule has 4 nitrogen and oxygen atoms in total. The van der Waals surface area contributed by atoms with Crippen molar-refractivity contribution >= 4 is 34.8 Å². The maximum atomic E-state index is 13.4. The van der Waals surface area contributed by atoms with E-state index in [2.05, 4.69) is 5.32 Å². The average molecular weight is 351 g/mol. The number of carbonyl (C=O) groups is 2. The summed E-state index contributed by atoms with van der Waals surface area (Å²) in [5, 5.41) is 2.41. The zero-order chi connectivity index (χ0) is 17.3. The number of rotatable bonds is 3. The van der Waals surface area contributed by atoms with Crippen LogP contribution in [-0.4, -0.2) is 18.4 Å². The molecule has 1 aliphatic rings. The summed E-state index contributed by atoms with van der Waals surface area (Å²) in [5.41, 5.74) is 0.781. The van der Waals surface area contributed by atoms with Gasteiger partial charge in [0.2, 0.25) is 5.91 Å². The van der Waals surface area contributed by atoms with Crippen LogP contribution in [0.4, 0.5) is 20.2 Å². The second-order valence-corrected chi connectivity index (χ2v) is 5.77. The second kappa shape index (κ2) is 6.57. The fourth-order valence-corrected chi connectivity index (χ4v) is 2.84. The van der Waals surface area contributed by atoms with Gasteiger partial charge in [0.15, 0.2) is 11.6 Å². The molecular formula is C17H13ClF2N2O2. The van der Waals surface area contributed by atoms with Gasteiger partial charge < -0.3 is 10.2 Å². The lowest BCUT2D eigenvalue weighted by Crippen LogP contribution is -2.25. The van der Waals surface area contributed by atoms with Crippen LogP contribution in [0.5, 0.6) is 0 Å². The van der Waals surface area contributed by atoms with Gasteiger partial charge in [0, 0.05) is 13.0 Å². The van der Waals surface area contributed by atoms with Gasteiger partial charge in [0.05, 0.1) is 22.0 Å². The number of hydrogen-bond donors (Lipinski definition) is 1. The minimum Gasteiger partial charge on any atom is -0.320 e. The largest absolute Gasteiger partial charge is 0.320 e. The predicted molar refractivity (Wildman–Crippen MR) is 87.4 cm³/mol. The van der Waals surface area contributed by atoms with Gasteiger partial charge in [0.25, 0.3) is 5.91 Å². The molecule has 1 fully saturated rings. The van der Waals surface area contributed by atoms with Crippen molar-refractivity contribution < 1.29 is 18.4 Å². The third-order valence-corrected chi connectivity index (χ3v) is 4.08. The molecule has 0 bridgehead atoms. The SMILES string of the molecule is O=C(Nc1ccccc1N1CCCC1=O)c1cc(F)c(F)cc1Cl. The summed E-state index contributed by atoms with van der Waals surface area (Å²) in [4.78, 5) is 25.9. The first kappa shape index (κ1) is 16.4. The first-order valence-electron chi connectivity index (χ1n) is 7.32. The van der Waals surface area contributed by atoms with Crippen molar-refractivity contribution in [1.29, 1.82) is 0 Å². The number of amides is 2. The van der Waals surface area contributed by atoms with Crippen molar-refractivity contribution in [2.24, 2.45) is 0 Å². The normalized spacial score (nSPS) is 14.1. The minimum absolute atomic E-state index is 0.0254. The van der Waals surface area contributed by atoms with Gasteiger partial charge >= 0.3 is 0 Å². The molecule has 0 unspecified atom stereocenters. The molecule has 3 rings (SSSR count). The molecule has 0 aromatic heterocycles. The highest BCUT2D eigenvalue weighted by molar-refractivity contribution is 6.34. The number of hydrogen-bond acceptors (Lipinski definition) is 2. The molecule has 0 spiro atoms. The number of para-hydroxylation sites is 2. The number of anilines is 2. The zero-order valence-electron chi connectivity index (χ0n) is 12.5. The molecule has 1 N–H and O–H groups in total. The van der Waals surface area contributed by atoms with E-state index in [9.17, 15) is 18.4 Å². The maximum absolute atomic E-state index is 13.4. The van der Waals surface area contributed by atoms with E-state index in [1.165, 1.54) is 0 Å². The van der Waals surface area contributed by atoms with Gasteiger partial charge in [-0.25, -0.2) is 8.78 Å². The second-order valence-electron chi connectivity index (χ2n) is 5.37. The van der Waals surface area contributed by atoms with E-state index in [-0.39, 0.29) is 16.5 Å². The summed E-state index contributed by atoms with van der Waals surface area (Å²) < 4.78 is 26.5. The van der Waals surface area contributed by atoms with E-state index in [1.807, 2.05) is 0 Å². The molecule has 1 saturated heterocycles. The lowest BCUT2D eigenvalue weighted by Gasteiger charge is -2.20. The molecule has 0 radical (unpaired) electrons. The van der Waals surface area contributed by atoms with Crippen molar-refractivity contribution in [3.05, 3.63) is 58.6 Å². The maximum Gasteiger partial charge on any atom is 0.257 e. The van der Waals surface area contributed by atoms with Crippen LogP contribution in [-0.2, 0) is 4.79 Å². The smallest absolute Gasteiger partial charge is 0.257 e. The molecule has 24 heavy (non-hydrogen) atoms. The van der Waals surface area contributed by atoms with Crippen molar-refractivity contribution in [3.8, 4) is 0 Å². The molecule has 0 aliphatic carbocycles. The Morgan fingerprint density at radius 2 is 1.88 bits per heavy atom. The molecule has 2 amide bonds. The Morgan fingerprint density at radius 3 is 2.58 bits per heavy atom.